The van der Waals surface area contributed by atoms with Crippen LogP contribution in [0.25, 0.3) is 0 Å². The lowest BCUT2D eigenvalue weighted by molar-refractivity contribution is 0.475. The van der Waals surface area contributed by atoms with Crippen LogP contribution < -0.4 is 10.2 Å². The van der Waals surface area contributed by atoms with Gasteiger partial charge in [0.15, 0.2) is 0 Å². The van der Waals surface area contributed by atoms with Crippen molar-refractivity contribution in [1.29, 1.82) is 0 Å². The van der Waals surface area contributed by atoms with E-state index >= 15 is 0 Å². The monoisotopic (exact) mass is 182 g/mol. The first-order chi connectivity index (χ1) is 6.31. The van der Waals surface area contributed by atoms with Crippen molar-refractivity contribution in [3.05, 3.63) is 5.89 Å². The average Bonchev–Trinajstić information content (AvgIpc) is 2.87. The molecule has 13 heavy (non-hydrogen) atoms. The maximum Gasteiger partial charge on any atom is 0.318 e. The second-order valence-electron chi connectivity index (χ2n) is 3.35. The van der Waals surface area contributed by atoms with Crippen LogP contribution in [-0.4, -0.2) is 30.3 Å². The standard InChI is InChI=1S/C8H14N4O/c1-9-5-7-10-11-8(13-7)12(2)6-3-4-6/h6,9H,3-5H2,1-2H3. The van der Waals surface area contributed by atoms with Crippen LogP contribution in [0.3, 0.4) is 0 Å². The van der Waals surface area contributed by atoms with Gasteiger partial charge in [-0.1, -0.05) is 5.10 Å². The molecule has 1 heterocycles. The first-order valence-electron chi connectivity index (χ1n) is 4.51. The fourth-order valence-electron chi connectivity index (χ4n) is 1.23. The molecule has 5 nitrogen and oxygen atoms in total. The molecular formula is C8H14N4O. The van der Waals surface area contributed by atoms with Gasteiger partial charge in [0.1, 0.15) is 0 Å². The van der Waals surface area contributed by atoms with Gasteiger partial charge in [-0.2, -0.15) is 0 Å². The van der Waals surface area contributed by atoms with E-state index in [4.69, 9.17) is 4.42 Å². The molecule has 2 rings (SSSR count). The van der Waals surface area contributed by atoms with Crippen molar-refractivity contribution in [1.82, 2.24) is 15.5 Å². The minimum absolute atomic E-state index is 0.614. The summed E-state index contributed by atoms with van der Waals surface area (Å²) in [6.45, 7) is 0.630. The number of anilines is 1. The summed E-state index contributed by atoms with van der Waals surface area (Å²) >= 11 is 0. The van der Waals surface area contributed by atoms with Crippen molar-refractivity contribution >= 4 is 6.01 Å². The smallest absolute Gasteiger partial charge is 0.318 e. The Bertz CT molecular complexity index is 281. The molecule has 72 valence electrons. The third-order valence-corrected chi connectivity index (χ3v) is 2.18. The Labute approximate surface area is 77.1 Å². The quantitative estimate of drug-likeness (QED) is 0.730. The van der Waals surface area contributed by atoms with Crippen LogP contribution in [0.1, 0.15) is 18.7 Å². The van der Waals surface area contributed by atoms with Gasteiger partial charge in [-0.15, -0.1) is 5.10 Å². The summed E-state index contributed by atoms with van der Waals surface area (Å²) in [5, 5.41) is 10.8. The lowest BCUT2D eigenvalue weighted by Gasteiger charge is -2.10. The van der Waals surface area contributed by atoms with Crippen LogP contribution in [0.15, 0.2) is 4.42 Å². The van der Waals surface area contributed by atoms with E-state index in [0.717, 1.165) is 0 Å². The molecule has 0 spiro atoms. The van der Waals surface area contributed by atoms with Crippen LogP contribution in [-0.2, 0) is 6.54 Å². The SMILES string of the molecule is CNCc1nnc(N(C)C2CC2)o1. The summed E-state index contributed by atoms with van der Waals surface area (Å²) in [6.07, 6.45) is 2.47. The van der Waals surface area contributed by atoms with E-state index in [1.54, 1.807) is 0 Å². The maximum atomic E-state index is 5.43. The normalized spacial score (nSPS) is 16.2. The molecule has 1 saturated carbocycles. The first-order valence-corrected chi connectivity index (χ1v) is 4.51. The lowest BCUT2D eigenvalue weighted by atomic mass is 10.6. The van der Waals surface area contributed by atoms with Crippen LogP contribution in [0.5, 0.6) is 0 Å². The molecule has 0 atom stereocenters. The molecule has 1 fully saturated rings. The van der Waals surface area contributed by atoms with Crippen molar-refractivity contribution in [3.63, 3.8) is 0 Å². The van der Waals surface area contributed by atoms with Crippen LogP contribution in [0, 0.1) is 0 Å². The van der Waals surface area contributed by atoms with Gasteiger partial charge in [0.25, 0.3) is 0 Å². The highest BCUT2D eigenvalue weighted by Gasteiger charge is 2.29. The molecule has 0 radical (unpaired) electrons. The topological polar surface area (TPSA) is 54.2 Å². The predicted octanol–water partition coefficient (Wildman–Crippen LogP) is 0.388. The third kappa shape index (κ3) is 1.80. The van der Waals surface area contributed by atoms with Crippen LogP contribution in [0.2, 0.25) is 0 Å². The Morgan fingerprint density at radius 3 is 2.92 bits per heavy atom. The van der Waals surface area contributed by atoms with E-state index in [1.807, 2.05) is 19.0 Å². The van der Waals surface area contributed by atoms with Crippen LogP contribution in [0.4, 0.5) is 6.01 Å². The van der Waals surface area contributed by atoms with Crippen molar-refractivity contribution in [2.75, 3.05) is 19.0 Å². The van der Waals surface area contributed by atoms with E-state index in [9.17, 15) is 0 Å². The van der Waals surface area contributed by atoms with E-state index in [0.29, 0.717) is 24.5 Å². The predicted molar refractivity (Wildman–Crippen MR) is 48.5 cm³/mol. The molecular weight excluding hydrogens is 168 g/mol. The zero-order valence-electron chi connectivity index (χ0n) is 7.95. The van der Waals surface area contributed by atoms with Gasteiger partial charge in [-0.05, 0) is 19.9 Å². The molecule has 0 aromatic carbocycles. The zero-order chi connectivity index (χ0) is 9.26. The zero-order valence-corrected chi connectivity index (χ0v) is 7.95. The number of hydrogen-bond acceptors (Lipinski definition) is 5. The van der Waals surface area contributed by atoms with Crippen molar-refractivity contribution < 1.29 is 4.42 Å². The second kappa shape index (κ2) is 3.33. The first kappa shape index (κ1) is 8.50. The highest BCUT2D eigenvalue weighted by atomic mass is 16.4. The van der Waals surface area contributed by atoms with Crippen molar-refractivity contribution in [3.8, 4) is 0 Å². The lowest BCUT2D eigenvalue weighted by Crippen LogP contribution is -2.19. The summed E-state index contributed by atoms with van der Waals surface area (Å²) < 4.78 is 5.43. The Balaban J connectivity index is 2.03. The van der Waals surface area contributed by atoms with E-state index in [2.05, 4.69) is 15.5 Å². The molecule has 1 aromatic rings. The fraction of sp³-hybridized carbons (Fsp3) is 0.750. The van der Waals surface area contributed by atoms with Gasteiger partial charge in [-0.25, -0.2) is 0 Å². The molecule has 0 aliphatic heterocycles. The van der Waals surface area contributed by atoms with Gasteiger partial charge in [0.2, 0.25) is 5.89 Å². The molecule has 1 aliphatic carbocycles. The number of rotatable bonds is 4. The minimum atomic E-state index is 0.614. The van der Waals surface area contributed by atoms with Crippen molar-refractivity contribution in [2.45, 2.75) is 25.4 Å². The molecule has 0 unspecified atom stereocenters. The van der Waals surface area contributed by atoms with E-state index < -0.39 is 0 Å². The number of aromatic nitrogens is 2. The molecule has 0 bridgehead atoms. The van der Waals surface area contributed by atoms with Gasteiger partial charge < -0.3 is 14.6 Å². The molecule has 0 amide bonds. The van der Waals surface area contributed by atoms with E-state index in [-0.39, 0.29) is 0 Å². The van der Waals surface area contributed by atoms with Crippen molar-refractivity contribution in [2.24, 2.45) is 0 Å². The Morgan fingerprint density at radius 1 is 1.54 bits per heavy atom. The molecule has 1 aliphatic rings. The summed E-state index contributed by atoms with van der Waals surface area (Å²) in [6, 6.07) is 1.25. The highest BCUT2D eigenvalue weighted by Crippen LogP contribution is 2.28. The Morgan fingerprint density at radius 2 is 2.31 bits per heavy atom. The van der Waals surface area contributed by atoms with Gasteiger partial charge in [-0.3, -0.25) is 0 Å². The number of nitrogens with zero attached hydrogens (tertiary/aromatic N) is 3. The Kier molecular flexibility index (Phi) is 2.18. The van der Waals surface area contributed by atoms with Crippen LogP contribution >= 0.6 is 0 Å². The van der Waals surface area contributed by atoms with Gasteiger partial charge >= 0.3 is 6.01 Å². The van der Waals surface area contributed by atoms with E-state index in [1.165, 1.54) is 12.8 Å². The number of hydrogen-bond donors (Lipinski definition) is 1. The summed E-state index contributed by atoms with van der Waals surface area (Å²) in [7, 11) is 3.85. The fourth-order valence-corrected chi connectivity index (χ4v) is 1.23. The highest BCUT2D eigenvalue weighted by molar-refractivity contribution is 5.27. The van der Waals surface area contributed by atoms with Gasteiger partial charge in [0, 0.05) is 13.1 Å². The van der Waals surface area contributed by atoms with Gasteiger partial charge in [0.05, 0.1) is 6.54 Å². The third-order valence-electron chi connectivity index (χ3n) is 2.18. The maximum absolute atomic E-state index is 5.43. The molecule has 0 saturated heterocycles. The Hall–Kier alpha value is -1.10. The minimum Gasteiger partial charge on any atom is -0.407 e. The molecule has 1 aromatic heterocycles. The largest absolute Gasteiger partial charge is 0.407 e. The molecule has 1 N–H and O–H groups in total. The summed E-state index contributed by atoms with van der Waals surface area (Å²) in [5.41, 5.74) is 0. The number of nitrogens with one attached hydrogen (secondary N) is 1. The summed E-state index contributed by atoms with van der Waals surface area (Å²) in [5.74, 6) is 0.644. The average molecular weight is 182 g/mol. The molecule has 5 heteroatoms. The second-order valence-corrected chi connectivity index (χ2v) is 3.35. The summed E-state index contributed by atoms with van der Waals surface area (Å²) in [4.78, 5) is 2.05.